The van der Waals surface area contributed by atoms with Crippen LogP contribution < -0.4 is 10.5 Å². The topological polar surface area (TPSA) is 98.4 Å². The minimum absolute atomic E-state index is 0.00450. The van der Waals surface area contributed by atoms with Gasteiger partial charge in [-0.05, 0) is 53.9 Å². The fourth-order valence-corrected chi connectivity index (χ4v) is 4.49. The van der Waals surface area contributed by atoms with Crippen LogP contribution in [0, 0.1) is 0 Å². The van der Waals surface area contributed by atoms with E-state index in [0.717, 1.165) is 0 Å². The maximum absolute atomic E-state index is 12.7. The van der Waals surface area contributed by atoms with Crippen LogP contribution in [0.15, 0.2) is 74.1 Å². The van der Waals surface area contributed by atoms with E-state index in [1.165, 1.54) is 53.3 Å². The largest absolute Gasteiger partial charge is 0.419 e. The smallest absolute Gasteiger partial charge is 0.408 e. The second-order valence-corrected chi connectivity index (χ2v) is 8.68. The van der Waals surface area contributed by atoms with Gasteiger partial charge in [0, 0.05) is 18.3 Å². The molecular formula is C19H14N2O5S2. The fourth-order valence-electron chi connectivity index (χ4n) is 2.73. The van der Waals surface area contributed by atoms with Crippen LogP contribution in [0.25, 0.3) is 11.1 Å². The summed E-state index contributed by atoms with van der Waals surface area (Å²) in [4.78, 5) is 24.5. The minimum atomic E-state index is -3.88. The number of oxazole rings is 1. The molecular weight excluding hydrogens is 400 g/mol. The molecule has 1 N–H and O–H groups in total. The summed E-state index contributed by atoms with van der Waals surface area (Å²) in [5.74, 6) is -0.681. The Bertz CT molecular complexity index is 1330. The summed E-state index contributed by atoms with van der Waals surface area (Å²) in [6.45, 7) is 0. The van der Waals surface area contributed by atoms with Gasteiger partial charge in [-0.2, -0.15) is 0 Å². The molecule has 2 aromatic heterocycles. The molecule has 0 atom stereocenters. The number of rotatable bonds is 5. The van der Waals surface area contributed by atoms with E-state index in [-0.39, 0.29) is 10.7 Å². The van der Waals surface area contributed by atoms with E-state index in [9.17, 15) is 18.0 Å². The molecule has 0 spiro atoms. The zero-order valence-corrected chi connectivity index (χ0v) is 16.2. The average molecular weight is 414 g/mol. The summed E-state index contributed by atoms with van der Waals surface area (Å²) in [5, 5.41) is 1.82. The Balaban J connectivity index is 1.60. The maximum Gasteiger partial charge on any atom is 0.419 e. The molecule has 0 fully saturated rings. The van der Waals surface area contributed by atoms with Gasteiger partial charge < -0.3 is 4.42 Å². The van der Waals surface area contributed by atoms with Gasteiger partial charge >= 0.3 is 5.76 Å². The SMILES string of the molecule is Cn1c(=O)oc2ccc(S(=O)(=O)Nc3ccc(C(=O)c4cccs4)cc3)cc21. The van der Waals surface area contributed by atoms with E-state index in [2.05, 4.69) is 4.72 Å². The Morgan fingerprint density at radius 1 is 1.11 bits per heavy atom. The Kier molecular flexibility index (Phi) is 4.40. The van der Waals surface area contributed by atoms with Gasteiger partial charge in [0.25, 0.3) is 10.0 Å². The molecule has 0 aliphatic rings. The van der Waals surface area contributed by atoms with Crippen molar-refractivity contribution in [1.82, 2.24) is 4.57 Å². The predicted octanol–water partition coefficient (Wildman–Crippen LogP) is 3.22. The standard InChI is InChI=1S/C19H14N2O5S2/c1-21-15-11-14(8-9-16(15)26-19(21)23)28(24,25)20-13-6-4-12(5-7-13)18(22)17-3-2-10-27-17/h2-11,20H,1H3. The monoisotopic (exact) mass is 414 g/mol. The molecule has 2 heterocycles. The molecule has 0 amide bonds. The summed E-state index contributed by atoms with van der Waals surface area (Å²) >= 11 is 1.35. The molecule has 28 heavy (non-hydrogen) atoms. The lowest BCUT2D eigenvalue weighted by Crippen LogP contribution is -2.13. The molecule has 0 unspecified atom stereocenters. The molecule has 9 heteroatoms. The summed E-state index contributed by atoms with van der Waals surface area (Å²) < 4.78 is 34.1. The van der Waals surface area contributed by atoms with Gasteiger partial charge in [0.2, 0.25) is 5.78 Å². The second kappa shape index (κ2) is 6.77. The Hall–Kier alpha value is -3.17. The lowest BCUT2D eigenvalue weighted by atomic mass is 10.1. The van der Waals surface area contributed by atoms with Crippen LogP contribution in [0.4, 0.5) is 5.69 Å². The first kappa shape index (κ1) is 18.2. The van der Waals surface area contributed by atoms with Crippen molar-refractivity contribution in [1.29, 1.82) is 0 Å². The van der Waals surface area contributed by atoms with Crippen molar-refractivity contribution in [2.75, 3.05) is 4.72 Å². The number of carbonyl (C=O) groups is 1. The van der Waals surface area contributed by atoms with Gasteiger partial charge in [-0.25, -0.2) is 13.2 Å². The molecule has 0 aliphatic heterocycles. The molecule has 4 aromatic rings. The number of fused-ring (bicyclic) bond motifs is 1. The normalized spacial score (nSPS) is 11.6. The highest BCUT2D eigenvalue weighted by Gasteiger charge is 2.18. The van der Waals surface area contributed by atoms with E-state index >= 15 is 0 Å². The summed E-state index contributed by atoms with van der Waals surface area (Å²) in [6, 6.07) is 13.9. The van der Waals surface area contributed by atoms with E-state index in [1.807, 2.05) is 5.38 Å². The summed E-state index contributed by atoms with van der Waals surface area (Å²) in [6.07, 6.45) is 0. The third kappa shape index (κ3) is 3.25. The van der Waals surface area contributed by atoms with Crippen molar-refractivity contribution < 1.29 is 17.6 Å². The Morgan fingerprint density at radius 3 is 2.54 bits per heavy atom. The average Bonchev–Trinajstić information content (AvgIpc) is 3.30. The number of nitrogens with zero attached hydrogens (tertiary/aromatic N) is 1. The molecule has 0 bridgehead atoms. The molecule has 7 nitrogen and oxygen atoms in total. The number of hydrogen-bond acceptors (Lipinski definition) is 6. The third-order valence-corrected chi connectivity index (χ3v) is 6.47. The van der Waals surface area contributed by atoms with Crippen molar-refractivity contribution in [2.45, 2.75) is 4.90 Å². The highest BCUT2D eigenvalue weighted by molar-refractivity contribution is 7.92. The zero-order valence-electron chi connectivity index (χ0n) is 14.6. The predicted molar refractivity (Wildman–Crippen MR) is 106 cm³/mol. The van der Waals surface area contributed by atoms with Gasteiger partial charge in [0.1, 0.15) is 0 Å². The number of hydrogen-bond donors (Lipinski definition) is 1. The van der Waals surface area contributed by atoms with Gasteiger partial charge in [0.05, 0.1) is 15.3 Å². The molecule has 0 radical (unpaired) electrons. The quantitative estimate of drug-likeness (QED) is 0.506. The molecule has 2 aromatic carbocycles. The lowest BCUT2D eigenvalue weighted by molar-refractivity contribution is 0.104. The zero-order chi connectivity index (χ0) is 19.9. The number of sulfonamides is 1. The number of anilines is 1. The van der Waals surface area contributed by atoms with Crippen LogP contribution in [-0.4, -0.2) is 18.8 Å². The number of nitrogens with one attached hydrogen (secondary N) is 1. The molecule has 0 aliphatic carbocycles. The van der Waals surface area contributed by atoms with Crippen LogP contribution in [0.1, 0.15) is 15.2 Å². The molecule has 0 saturated carbocycles. The summed E-state index contributed by atoms with van der Waals surface area (Å²) in [5.41, 5.74) is 1.48. The molecule has 4 rings (SSSR count). The number of ketones is 1. The number of thiophene rings is 1. The Labute approximate surface area is 163 Å². The Morgan fingerprint density at radius 2 is 1.86 bits per heavy atom. The highest BCUT2D eigenvalue weighted by Crippen LogP contribution is 2.22. The van der Waals surface area contributed by atoms with E-state index in [4.69, 9.17) is 4.42 Å². The lowest BCUT2D eigenvalue weighted by Gasteiger charge is -2.09. The highest BCUT2D eigenvalue weighted by atomic mass is 32.2. The van der Waals surface area contributed by atoms with E-state index in [1.54, 1.807) is 24.3 Å². The number of aryl methyl sites for hydroxylation is 1. The first-order valence-corrected chi connectivity index (χ1v) is 10.5. The van der Waals surface area contributed by atoms with Crippen LogP contribution in [-0.2, 0) is 17.1 Å². The van der Waals surface area contributed by atoms with Gasteiger partial charge in [0.15, 0.2) is 5.58 Å². The van der Waals surface area contributed by atoms with Gasteiger partial charge in [-0.3, -0.25) is 14.1 Å². The van der Waals surface area contributed by atoms with Crippen molar-refractivity contribution in [2.24, 2.45) is 7.05 Å². The first-order chi connectivity index (χ1) is 13.3. The van der Waals surface area contributed by atoms with Crippen LogP contribution in [0.5, 0.6) is 0 Å². The molecule has 142 valence electrons. The molecule has 0 saturated heterocycles. The third-order valence-electron chi connectivity index (χ3n) is 4.22. The second-order valence-electron chi connectivity index (χ2n) is 6.05. The fraction of sp³-hybridized carbons (Fsp3) is 0.0526. The van der Waals surface area contributed by atoms with Crippen LogP contribution >= 0.6 is 11.3 Å². The van der Waals surface area contributed by atoms with E-state index in [0.29, 0.717) is 27.2 Å². The van der Waals surface area contributed by atoms with Gasteiger partial charge in [-0.1, -0.05) is 6.07 Å². The first-order valence-electron chi connectivity index (χ1n) is 8.16. The van der Waals surface area contributed by atoms with Crippen molar-refractivity contribution in [3.8, 4) is 0 Å². The number of carbonyl (C=O) groups excluding carboxylic acids is 1. The van der Waals surface area contributed by atoms with Crippen molar-refractivity contribution in [3.63, 3.8) is 0 Å². The summed E-state index contributed by atoms with van der Waals surface area (Å²) in [7, 11) is -2.38. The van der Waals surface area contributed by atoms with Crippen molar-refractivity contribution >= 4 is 43.9 Å². The maximum atomic E-state index is 12.7. The number of benzene rings is 2. The van der Waals surface area contributed by atoms with Crippen LogP contribution in [0.3, 0.4) is 0 Å². The van der Waals surface area contributed by atoms with Crippen molar-refractivity contribution in [3.05, 3.63) is 81.0 Å². The minimum Gasteiger partial charge on any atom is -0.408 e. The number of aromatic nitrogens is 1. The van der Waals surface area contributed by atoms with Crippen LogP contribution in [0.2, 0.25) is 0 Å². The van der Waals surface area contributed by atoms with E-state index < -0.39 is 15.8 Å². The van der Waals surface area contributed by atoms with Gasteiger partial charge in [-0.15, -0.1) is 11.3 Å².